The van der Waals surface area contributed by atoms with Gasteiger partial charge in [-0.15, -0.1) is 0 Å². The van der Waals surface area contributed by atoms with E-state index in [-0.39, 0.29) is 5.82 Å². The maximum Gasteiger partial charge on any atom is 0.129 e. The summed E-state index contributed by atoms with van der Waals surface area (Å²) in [6, 6.07) is 5.01. The molecule has 0 bridgehead atoms. The SMILES string of the molecule is CCNCCCCCOc1ccc(C)c(F)c1. The van der Waals surface area contributed by atoms with Gasteiger partial charge in [0.2, 0.25) is 0 Å². The summed E-state index contributed by atoms with van der Waals surface area (Å²) in [6.07, 6.45) is 3.32. The third-order valence-corrected chi connectivity index (χ3v) is 2.66. The summed E-state index contributed by atoms with van der Waals surface area (Å²) in [5.74, 6) is 0.425. The molecule has 96 valence electrons. The van der Waals surface area contributed by atoms with E-state index in [4.69, 9.17) is 4.74 Å². The van der Waals surface area contributed by atoms with Gasteiger partial charge in [0.05, 0.1) is 6.61 Å². The van der Waals surface area contributed by atoms with Crippen LogP contribution in [-0.2, 0) is 0 Å². The Kier molecular flexibility index (Phi) is 6.63. The Labute approximate surface area is 103 Å². The average Bonchev–Trinajstić information content (AvgIpc) is 2.32. The summed E-state index contributed by atoms with van der Waals surface area (Å²) in [5, 5.41) is 3.28. The monoisotopic (exact) mass is 239 g/mol. The number of rotatable bonds is 8. The van der Waals surface area contributed by atoms with Gasteiger partial charge in [-0.05, 0) is 50.9 Å². The van der Waals surface area contributed by atoms with Crippen LogP contribution < -0.4 is 10.1 Å². The van der Waals surface area contributed by atoms with Crippen LogP contribution in [-0.4, -0.2) is 19.7 Å². The van der Waals surface area contributed by atoms with Crippen LogP contribution in [0.2, 0.25) is 0 Å². The predicted molar refractivity (Wildman–Crippen MR) is 69.0 cm³/mol. The fraction of sp³-hybridized carbons (Fsp3) is 0.571. The second kappa shape index (κ2) is 8.07. The lowest BCUT2D eigenvalue weighted by Crippen LogP contribution is -2.14. The Morgan fingerprint density at radius 3 is 2.76 bits per heavy atom. The van der Waals surface area contributed by atoms with Crippen LogP contribution >= 0.6 is 0 Å². The molecule has 1 rings (SSSR count). The van der Waals surface area contributed by atoms with Gasteiger partial charge in [0.1, 0.15) is 11.6 Å². The number of hydrogen-bond donors (Lipinski definition) is 1. The molecule has 0 aliphatic rings. The van der Waals surface area contributed by atoms with E-state index in [9.17, 15) is 4.39 Å². The molecule has 0 aliphatic carbocycles. The topological polar surface area (TPSA) is 21.3 Å². The number of hydrogen-bond acceptors (Lipinski definition) is 2. The zero-order valence-electron chi connectivity index (χ0n) is 10.8. The molecule has 1 aromatic rings. The summed E-state index contributed by atoms with van der Waals surface area (Å²) in [6.45, 7) is 6.61. The van der Waals surface area contributed by atoms with Crippen LogP contribution in [0.4, 0.5) is 4.39 Å². The van der Waals surface area contributed by atoms with Crippen molar-refractivity contribution in [3.05, 3.63) is 29.6 Å². The minimum atomic E-state index is -0.199. The summed E-state index contributed by atoms with van der Waals surface area (Å²) >= 11 is 0. The molecule has 3 heteroatoms. The van der Waals surface area contributed by atoms with Gasteiger partial charge < -0.3 is 10.1 Å². The first-order valence-electron chi connectivity index (χ1n) is 6.33. The van der Waals surface area contributed by atoms with Crippen LogP contribution in [0.25, 0.3) is 0 Å². The van der Waals surface area contributed by atoms with Gasteiger partial charge in [0, 0.05) is 6.07 Å². The number of ether oxygens (including phenoxy) is 1. The molecular formula is C14H22FNO. The Morgan fingerprint density at radius 1 is 1.24 bits per heavy atom. The van der Waals surface area contributed by atoms with Crippen molar-refractivity contribution in [2.24, 2.45) is 0 Å². The Bertz CT molecular complexity index is 328. The zero-order valence-corrected chi connectivity index (χ0v) is 10.8. The van der Waals surface area contributed by atoms with E-state index in [0.717, 1.165) is 25.9 Å². The fourth-order valence-electron chi connectivity index (χ4n) is 1.56. The average molecular weight is 239 g/mol. The van der Waals surface area contributed by atoms with E-state index in [1.807, 2.05) is 6.07 Å². The fourth-order valence-corrected chi connectivity index (χ4v) is 1.56. The highest BCUT2D eigenvalue weighted by Crippen LogP contribution is 2.16. The zero-order chi connectivity index (χ0) is 12.5. The molecule has 0 heterocycles. The lowest BCUT2D eigenvalue weighted by Gasteiger charge is -2.07. The molecule has 0 radical (unpaired) electrons. The van der Waals surface area contributed by atoms with Crippen molar-refractivity contribution < 1.29 is 9.13 Å². The molecule has 0 saturated carbocycles. The Morgan fingerprint density at radius 2 is 2.06 bits per heavy atom. The molecular weight excluding hydrogens is 217 g/mol. The van der Waals surface area contributed by atoms with Gasteiger partial charge in [-0.3, -0.25) is 0 Å². The molecule has 0 saturated heterocycles. The van der Waals surface area contributed by atoms with Gasteiger partial charge >= 0.3 is 0 Å². The maximum atomic E-state index is 13.2. The van der Waals surface area contributed by atoms with Crippen LogP contribution in [0.5, 0.6) is 5.75 Å². The molecule has 0 spiro atoms. The molecule has 0 amide bonds. The standard InChI is InChI=1S/C14H22FNO/c1-3-16-9-5-4-6-10-17-13-8-7-12(2)14(15)11-13/h7-8,11,16H,3-6,9-10H2,1-2H3. The van der Waals surface area contributed by atoms with E-state index in [2.05, 4.69) is 12.2 Å². The van der Waals surface area contributed by atoms with Gasteiger partial charge in [0.15, 0.2) is 0 Å². The first-order chi connectivity index (χ1) is 8.24. The van der Waals surface area contributed by atoms with Gasteiger partial charge in [-0.25, -0.2) is 4.39 Å². The highest BCUT2D eigenvalue weighted by atomic mass is 19.1. The highest BCUT2D eigenvalue weighted by Gasteiger charge is 1.99. The smallest absolute Gasteiger partial charge is 0.129 e. The lowest BCUT2D eigenvalue weighted by molar-refractivity contribution is 0.303. The van der Waals surface area contributed by atoms with E-state index in [1.165, 1.54) is 12.5 Å². The first-order valence-corrected chi connectivity index (χ1v) is 6.33. The Balaban J connectivity index is 2.11. The van der Waals surface area contributed by atoms with E-state index >= 15 is 0 Å². The second-order valence-electron chi connectivity index (χ2n) is 4.17. The van der Waals surface area contributed by atoms with Crippen LogP contribution in [0.1, 0.15) is 31.7 Å². The van der Waals surface area contributed by atoms with E-state index in [1.54, 1.807) is 13.0 Å². The summed E-state index contributed by atoms with van der Waals surface area (Å²) in [4.78, 5) is 0. The molecule has 0 fully saturated rings. The quantitative estimate of drug-likeness (QED) is 0.703. The summed E-state index contributed by atoms with van der Waals surface area (Å²) in [5.41, 5.74) is 0.656. The number of nitrogens with one attached hydrogen (secondary N) is 1. The number of unbranched alkanes of at least 4 members (excludes halogenated alkanes) is 2. The molecule has 0 aliphatic heterocycles. The maximum absolute atomic E-state index is 13.2. The molecule has 1 aromatic carbocycles. The van der Waals surface area contributed by atoms with Crippen molar-refractivity contribution >= 4 is 0 Å². The third kappa shape index (κ3) is 5.68. The molecule has 1 N–H and O–H groups in total. The summed E-state index contributed by atoms with van der Waals surface area (Å²) in [7, 11) is 0. The van der Waals surface area contributed by atoms with Crippen molar-refractivity contribution in [3.8, 4) is 5.75 Å². The molecule has 17 heavy (non-hydrogen) atoms. The van der Waals surface area contributed by atoms with Crippen molar-refractivity contribution in [2.45, 2.75) is 33.1 Å². The normalized spacial score (nSPS) is 10.5. The third-order valence-electron chi connectivity index (χ3n) is 2.66. The number of benzene rings is 1. The predicted octanol–water partition coefficient (Wildman–Crippen LogP) is 3.29. The van der Waals surface area contributed by atoms with E-state index in [0.29, 0.717) is 17.9 Å². The van der Waals surface area contributed by atoms with Gasteiger partial charge in [-0.1, -0.05) is 13.0 Å². The van der Waals surface area contributed by atoms with Gasteiger partial charge in [0.25, 0.3) is 0 Å². The summed E-state index contributed by atoms with van der Waals surface area (Å²) < 4.78 is 18.7. The van der Waals surface area contributed by atoms with Crippen LogP contribution in [0.3, 0.4) is 0 Å². The Hall–Kier alpha value is -1.09. The van der Waals surface area contributed by atoms with Crippen molar-refractivity contribution in [3.63, 3.8) is 0 Å². The van der Waals surface area contributed by atoms with Crippen molar-refractivity contribution in [1.82, 2.24) is 5.32 Å². The first kappa shape index (κ1) is 14.0. The minimum Gasteiger partial charge on any atom is -0.493 e. The molecule has 0 aromatic heterocycles. The lowest BCUT2D eigenvalue weighted by atomic mass is 10.2. The molecule has 0 unspecified atom stereocenters. The highest BCUT2D eigenvalue weighted by molar-refractivity contribution is 5.27. The second-order valence-corrected chi connectivity index (χ2v) is 4.17. The molecule has 2 nitrogen and oxygen atoms in total. The van der Waals surface area contributed by atoms with Crippen molar-refractivity contribution in [1.29, 1.82) is 0 Å². The van der Waals surface area contributed by atoms with Crippen LogP contribution in [0, 0.1) is 12.7 Å². The van der Waals surface area contributed by atoms with E-state index < -0.39 is 0 Å². The van der Waals surface area contributed by atoms with Gasteiger partial charge in [-0.2, -0.15) is 0 Å². The largest absolute Gasteiger partial charge is 0.493 e. The van der Waals surface area contributed by atoms with Crippen LogP contribution in [0.15, 0.2) is 18.2 Å². The van der Waals surface area contributed by atoms with Crippen molar-refractivity contribution in [2.75, 3.05) is 19.7 Å². The number of aryl methyl sites for hydroxylation is 1. The molecule has 0 atom stereocenters. The number of halogens is 1. The minimum absolute atomic E-state index is 0.199.